The van der Waals surface area contributed by atoms with E-state index in [1.807, 2.05) is 24.0 Å². The number of hydrogen-bond acceptors (Lipinski definition) is 2. The second-order valence-electron chi connectivity index (χ2n) is 5.26. The molecule has 4 nitrogen and oxygen atoms in total. The van der Waals surface area contributed by atoms with E-state index in [0.29, 0.717) is 6.42 Å². The lowest BCUT2D eigenvalue weighted by atomic mass is 10.1. The van der Waals surface area contributed by atoms with Crippen LogP contribution in [0, 0.1) is 0 Å². The fourth-order valence-corrected chi connectivity index (χ4v) is 2.23. The van der Waals surface area contributed by atoms with E-state index >= 15 is 0 Å². The third-order valence-corrected chi connectivity index (χ3v) is 3.50. The summed E-state index contributed by atoms with van der Waals surface area (Å²) in [5.41, 5.74) is 2.40. The van der Waals surface area contributed by atoms with Crippen molar-refractivity contribution in [1.29, 1.82) is 0 Å². The van der Waals surface area contributed by atoms with E-state index in [2.05, 4.69) is 41.2 Å². The molecule has 0 aliphatic rings. The summed E-state index contributed by atoms with van der Waals surface area (Å²) >= 11 is 0. The second kappa shape index (κ2) is 7.53. The van der Waals surface area contributed by atoms with Gasteiger partial charge in [0, 0.05) is 36.7 Å². The highest BCUT2D eigenvalue weighted by molar-refractivity contribution is 5.64. The smallest absolute Gasteiger partial charge is 0.169 e. The summed E-state index contributed by atoms with van der Waals surface area (Å²) in [6.45, 7) is 0.914. The van der Waals surface area contributed by atoms with Crippen LogP contribution < -0.4 is 14.2 Å². The van der Waals surface area contributed by atoms with Crippen LogP contribution in [0.4, 0.5) is 0 Å². The molecule has 0 amide bonds. The molecule has 2 aromatic heterocycles. The van der Waals surface area contributed by atoms with Gasteiger partial charge in [-0.2, -0.15) is 0 Å². The summed E-state index contributed by atoms with van der Waals surface area (Å²) in [4.78, 5) is 10.3. The fourth-order valence-electron chi connectivity index (χ4n) is 2.23. The number of hydrogen-bond donors (Lipinski definition) is 0. The average molecular weight is 285 g/mol. The van der Waals surface area contributed by atoms with Gasteiger partial charge in [0.05, 0.1) is 0 Å². The van der Waals surface area contributed by atoms with E-state index < -0.39 is 5.97 Å². The molecule has 2 heterocycles. The van der Waals surface area contributed by atoms with Gasteiger partial charge < -0.3 is 9.90 Å². The molecule has 110 valence electrons. The summed E-state index contributed by atoms with van der Waals surface area (Å²) in [6.07, 6.45) is 11.0. The Kier molecular flexibility index (Phi) is 5.43. The predicted octanol–water partition coefficient (Wildman–Crippen LogP) is 0.776. The molecular formula is C17H21N2O2+. The van der Waals surface area contributed by atoms with E-state index in [-0.39, 0.29) is 6.42 Å². The van der Waals surface area contributed by atoms with Crippen molar-refractivity contribution in [2.75, 3.05) is 0 Å². The van der Waals surface area contributed by atoms with Gasteiger partial charge in [-0.3, -0.25) is 0 Å². The van der Waals surface area contributed by atoms with Crippen LogP contribution >= 0.6 is 0 Å². The Balaban J connectivity index is 1.84. The van der Waals surface area contributed by atoms with Crippen LogP contribution in [-0.4, -0.2) is 5.97 Å². The molecule has 0 N–H and O–H groups in total. The number of aliphatic carboxylic acids is 1. The second-order valence-corrected chi connectivity index (χ2v) is 5.26. The summed E-state index contributed by atoms with van der Waals surface area (Å²) in [5.74, 6) is -0.955. The minimum Gasteiger partial charge on any atom is -0.550 e. The van der Waals surface area contributed by atoms with E-state index in [1.165, 1.54) is 11.1 Å². The first-order valence-corrected chi connectivity index (χ1v) is 7.30. The number of carboxylic acid groups (broad SMARTS) is 1. The molecule has 0 atom stereocenters. The van der Waals surface area contributed by atoms with Gasteiger partial charge in [-0.25, -0.2) is 9.13 Å². The van der Waals surface area contributed by atoms with Crippen molar-refractivity contribution in [2.24, 2.45) is 7.05 Å². The minimum absolute atomic E-state index is 0.162. The number of unbranched alkanes of at least 4 members (excludes halogenated alkanes) is 2. The highest BCUT2D eigenvalue weighted by Crippen LogP contribution is 2.15. The van der Waals surface area contributed by atoms with E-state index in [1.54, 1.807) is 0 Å². The average Bonchev–Trinajstić information content (AvgIpc) is 2.48. The first kappa shape index (κ1) is 15.2. The van der Waals surface area contributed by atoms with Gasteiger partial charge in [-0.05, 0) is 30.4 Å². The van der Waals surface area contributed by atoms with Gasteiger partial charge in [0.1, 0.15) is 13.6 Å². The number of carbonyl (C=O) groups is 1. The first-order valence-electron chi connectivity index (χ1n) is 7.30. The quantitative estimate of drug-likeness (QED) is 0.557. The molecule has 0 saturated carbocycles. The first-order chi connectivity index (χ1) is 10.1. The number of rotatable bonds is 7. The van der Waals surface area contributed by atoms with Gasteiger partial charge in [0.15, 0.2) is 24.8 Å². The third-order valence-electron chi connectivity index (χ3n) is 3.50. The highest BCUT2D eigenvalue weighted by atomic mass is 16.4. The van der Waals surface area contributed by atoms with E-state index in [9.17, 15) is 9.90 Å². The lowest BCUT2D eigenvalue weighted by Gasteiger charge is -2.02. The van der Waals surface area contributed by atoms with E-state index in [0.717, 1.165) is 19.4 Å². The molecule has 0 aliphatic carbocycles. The number of carboxylic acids is 1. The molecule has 0 saturated heterocycles. The van der Waals surface area contributed by atoms with Gasteiger partial charge >= 0.3 is 0 Å². The molecule has 0 unspecified atom stereocenters. The molecule has 0 bridgehead atoms. The monoisotopic (exact) mass is 285 g/mol. The third kappa shape index (κ3) is 4.99. The maximum Gasteiger partial charge on any atom is 0.169 e. The lowest BCUT2D eigenvalue weighted by Crippen LogP contribution is -2.32. The normalized spacial score (nSPS) is 10.5. The largest absolute Gasteiger partial charge is 0.550 e. The molecule has 2 rings (SSSR count). The molecule has 21 heavy (non-hydrogen) atoms. The van der Waals surface area contributed by atoms with Crippen LogP contribution in [0.3, 0.4) is 0 Å². The van der Waals surface area contributed by atoms with Crippen LogP contribution in [0.15, 0.2) is 49.1 Å². The Hall–Kier alpha value is -2.23. The number of aromatic nitrogens is 2. The minimum atomic E-state index is -0.955. The number of pyridine rings is 2. The number of nitrogens with zero attached hydrogens (tertiary/aromatic N) is 2. The number of aryl methyl sites for hydroxylation is 2. The Morgan fingerprint density at radius 1 is 0.952 bits per heavy atom. The van der Waals surface area contributed by atoms with Crippen molar-refractivity contribution in [1.82, 2.24) is 0 Å². The van der Waals surface area contributed by atoms with Gasteiger partial charge in [0.2, 0.25) is 0 Å². The summed E-state index contributed by atoms with van der Waals surface area (Å²) in [5, 5.41) is 10.3. The van der Waals surface area contributed by atoms with Crippen molar-refractivity contribution in [3.8, 4) is 11.1 Å². The number of carbonyl (C=O) groups excluding carboxylic acids is 1. The van der Waals surface area contributed by atoms with Crippen molar-refractivity contribution in [3.05, 3.63) is 49.1 Å². The summed E-state index contributed by atoms with van der Waals surface area (Å²) in [6, 6.07) is 8.41. The van der Waals surface area contributed by atoms with Crippen LogP contribution in [0.25, 0.3) is 11.1 Å². The fraction of sp³-hybridized carbons (Fsp3) is 0.353. The highest BCUT2D eigenvalue weighted by Gasteiger charge is 2.04. The maximum atomic E-state index is 10.3. The van der Waals surface area contributed by atoms with Gasteiger partial charge in [-0.1, -0.05) is 0 Å². The van der Waals surface area contributed by atoms with Crippen LogP contribution in [-0.2, 0) is 18.4 Å². The van der Waals surface area contributed by atoms with Crippen molar-refractivity contribution in [2.45, 2.75) is 32.2 Å². The SMILES string of the molecule is C[n+]1ccc(-c2cc[n+](CCCCCC(=O)[O-])cc2)cc1. The molecule has 0 aliphatic heterocycles. The standard InChI is InChI=1S/C17H21N2O2/c1-18-11-6-15(7-12-18)16-8-13-19(14-9-16)10-4-2-3-5-17(20)21/h6-9,11-14H,2-5,10H2,1H3/q+1. The molecule has 0 aromatic carbocycles. The molecule has 2 aromatic rings. The van der Waals surface area contributed by atoms with Crippen molar-refractivity contribution in [3.63, 3.8) is 0 Å². The van der Waals surface area contributed by atoms with Crippen LogP contribution in [0.1, 0.15) is 25.7 Å². The van der Waals surface area contributed by atoms with Crippen molar-refractivity contribution >= 4 is 5.97 Å². The van der Waals surface area contributed by atoms with Crippen LogP contribution in [0.5, 0.6) is 0 Å². The molecule has 4 heteroatoms. The Morgan fingerprint density at radius 3 is 2.10 bits per heavy atom. The molecule has 0 fully saturated rings. The topological polar surface area (TPSA) is 47.9 Å². The molecule has 0 spiro atoms. The predicted molar refractivity (Wildman–Crippen MR) is 76.7 cm³/mol. The zero-order valence-corrected chi connectivity index (χ0v) is 12.4. The molecule has 0 radical (unpaired) electrons. The summed E-state index contributed by atoms with van der Waals surface area (Å²) in [7, 11) is 2.00. The zero-order valence-electron chi connectivity index (χ0n) is 12.4. The molecular weight excluding hydrogens is 264 g/mol. The van der Waals surface area contributed by atoms with Crippen LogP contribution in [0.2, 0.25) is 0 Å². The summed E-state index contributed by atoms with van der Waals surface area (Å²) < 4.78 is 4.14. The lowest BCUT2D eigenvalue weighted by molar-refractivity contribution is -0.697. The zero-order chi connectivity index (χ0) is 15.1. The van der Waals surface area contributed by atoms with Gasteiger partial charge in [-0.15, -0.1) is 0 Å². The Morgan fingerprint density at radius 2 is 1.52 bits per heavy atom. The van der Waals surface area contributed by atoms with E-state index in [4.69, 9.17) is 0 Å². The Labute approximate surface area is 125 Å². The Bertz CT molecular complexity index is 577. The van der Waals surface area contributed by atoms with Gasteiger partial charge in [0.25, 0.3) is 0 Å². The van der Waals surface area contributed by atoms with Crippen molar-refractivity contribution < 1.29 is 19.0 Å². The maximum absolute atomic E-state index is 10.3.